The van der Waals surface area contributed by atoms with E-state index in [1.165, 1.54) is 0 Å². The second kappa shape index (κ2) is 7.25. The number of rotatable bonds is 5. The highest BCUT2D eigenvalue weighted by Crippen LogP contribution is 2.24. The summed E-state index contributed by atoms with van der Waals surface area (Å²) in [6, 6.07) is 10.2. The van der Waals surface area contributed by atoms with Crippen LogP contribution < -0.4 is 0 Å². The molecular weight excluding hydrogens is 320 g/mol. The predicted molar refractivity (Wildman–Crippen MR) is 94.6 cm³/mol. The summed E-state index contributed by atoms with van der Waals surface area (Å²) in [5.74, 6) is 0.730. The molecule has 0 amide bonds. The zero-order valence-electron chi connectivity index (χ0n) is 13.5. The van der Waals surface area contributed by atoms with Crippen LogP contribution in [0.1, 0.15) is 11.4 Å². The van der Waals surface area contributed by atoms with E-state index in [1.54, 1.807) is 17.6 Å². The van der Waals surface area contributed by atoms with Gasteiger partial charge in [-0.1, -0.05) is 12.1 Å². The lowest BCUT2D eigenvalue weighted by Crippen LogP contribution is -2.45. The van der Waals surface area contributed by atoms with Crippen molar-refractivity contribution in [1.29, 1.82) is 0 Å². The van der Waals surface area contributed by atoms with Crippen molar-refractivity contribution < 1.29 is 4.42 Å². The van der Waals surface area contributed by atoms with Crippen LogP contribution in [0.3, 0.4) is 0 Å². The maximum absolute atomic E-state index is 5.60. The molecule has 0 atom stereocenters. The summed E-state index contributed by atoms with van der Waals surface area (Å²) in [5.41, 5.74) is 2.15. The van der Waals surface area contributed by atoms with Gasteiger partial charge >= 0.3 is 0 Å². The van der Waals surface area contributed by atoms with E-state index in [0.29, 0.717) is 0 Å². The van der Waals surface area contributed by atoms with Crippen molar-refractivity contribution in [1.82, 2.24) is 19.8 Å². The Bertz CT molecular complexity index is 748. The molecule has 1 aliphatic rings. The van der Waals surface area contributed by atoms with Crippen LogP contribution in [0, 0.1) is 0 Å². The Balaban J connectivity index is 1.29. The van der Waals surface area contributed by atoms with Crippen LogP contribution in [0.15, 0.2) is 52.6 Å². The highest BCUT2D eigenvalue weighted by Gasteiger charge is 2.19. The SMILES string of the molecule is c1ccc(CN2CCN(Cc3coc(-c4cccs4)n3)CC2)nc1. The standard InChI is InChI=1S/C18H20N4OS/c1-2-6-19-15(4-1)12-21-7-9-22(10-8-21)13-16-14-23-18(20-16)17-5-3-11-24-17/h1-6,11,14H,7-10,12-13H2. The minimum Gasteiger partial charge on any atom is -0.444 e. The number of hydrogen-bond acceptors (Lipinski definition) is 6. The molecule has 0 N–H and O–H groups in total. The molecule has 3 aromatic rings. The first kappa shape index (κ1) is 15.5. The van der Waals surface area contributed by atoms with Crippen molar-refractivity contribution in [3.63, 3.8) is 0 Å². The minimum atomic E-state index is 0.730. The van der Waals surface area contributed by atoms with Gasteiger partial charge in [0, 0.05) is 45.5 Å². The van der Waals surface area contributed by atoms with E-state index in [-0.39, 0.29) is 0 Å². The van der Waals surface area contributed by atoms with E-state index < -0.39 is 0 Å². The third-order valence-electron chi connectivity index (χ3n) is 4.25. The van der Waals surface area contributed by atoms with Gasteiger partial charge < -0.3 is 4.42 Å². The number of nitrogens with zero attached hydrogens (tertiary/aromatic N) is 4. The molecule has 4 heterocycles. The molecule has 5 nitrogen and oxygen atoms in total. The molecule has 0 radical (unpaired) electrons. The number of aromatic nitrogens is 2. The monoisotopic (exact) mass is 340 g/mol. The zero-order valence-corrected chi connectivity index (χ0v) is 14.3. The van der Waals surface area contributed by atoms with Crippen molar-refractivity contribution >= 4 is 11.3 Å². The van der Waals surface area contributed by atoms with Crippen LogP contribution in [0.25, 0.3) is 10.8 Å². The predicted octanol–water partition coefficient (Wildman–Crippen LogP) is 3.12. The summed E-state index contributed by atoms with van der Waals surface area (Å²) in [7, 11) is 0. The molecule has 0 unspecified atom stereocenters. The van der Waals surface area contributed by atoms with Gasteiger partial charge in [0.2, 0.25) is 5.89 Å². The average molecular weight is 340 g/mol. The maximum Gasteiger partial charge on any atom is 0.236 e. The number of thiophene rings is 1. The fourth-order valence-corrected chi connectivity index (χ4v) is 3.60. The third-order valence-corrected chi connectivity index (χ3v) is 5.10. The number of hydrogen-bond donors (Lipinski definition) is 0. The molecule has 3 aromatic heterocycles. The summed E-state index contributed by atoms with van der Waals surface area (Å²) < 4.78 is 5.60. The molecule has 1 aliphatic heterocycles. The quantitative estimate of drug-likeness (QED) is 0.714. The van der Waals surface area contributed by atoms with Crippen LogP contribution in [0.2, 0.25) is 0 Å². The van der Waals surface area contributed by atoms with Crippen LogP contribution in [0.4, 0.5) is 0 Å². The maximum atomic E-state index is 5.60. The van der Waals surface area contributed by atoms with E-state index in [2.05, 4.69) is 25.8 Å². The van der Waals surface area contributed by atoms with E-state index >= 15 is 0 Å². The first-order valence-corrected chi connectivity index (χ1v) is 9.08. The summed E-state index contributed by atoms with van der Waals surface area (Å²) in [6.07, 6.45) is 3.65. The first-order valence-electron chi connectivity index (χ1n) is 8.20. The van der Waals surface area contributed by atoms with Crippen molar-refractivity contribution in [3.05, 3.63) is 59.6 Å². The molecule has 4 rings (SSSR count). The second-order valence-electron chi connectivity index (χ2n) is 5.99. The summed E-state index contributed by atoms with van der Waals surface area (Å²) in [6.45, 7) is 6.01. The number of pyridine rings is 1. The van der Waals surface area contributed by atoms with E-state index in [1.807, 2.05) is 35.8 Å². The third kappa shape index (κ3) is 3.72. The van der Waals surface area contributed by atoms with Crippen LogP contribution in [-0.2, 0) is 13.1 Å². The van der Waals surface area contributed by atoms with E-state index in [4.69, 9.17) is 4.42 Å². The normalized spacial score (nSPS) is 16.5. The molecule has 0 spiro atoms. The zero-order chi connectivity index (χ0) is 16.2. The highest BCUT2D eigenvalue weighted by molar-refractivity contribution is 7.13. The summed E-state index contributed by atoms with van der Waals surface area (Å²) in [5, 5.41) is 2.04. The molecular formula is C18H20N4OS. The molecule has 6 heteroatoms. The molecule has 0 bridgehead atoms. The lowest BCUT2D eigenvalue weighted by Gasteiger charge is -2.34. The molecule has 124 valence electrons. The highest BCUT2D eigenvalue weighted by atomic mass is 32.1. The first-order chi connectivity index (χ1) is 11.9. The fraction of sp³-hybridized carbons (Fsp3) is 0.333. The van der Waals surface area contributed by atoms with Crippen molar-refractivity contribution in [2.45, 2.75) is 13.1 Å². The Hall–Kier alpha value is -2.02. The van der Waals surface area contributed by atoms with Crippen LogP contribution >= 0.6 is 11.3 Å². The van der Waals surface area contributed by atoms with Crippen molar-refractivity contribution in [2.24, 2.45) is 0 Å². The Morgan fingerprint density at radius 2 is 1.75 bits per heavy atom. The summed E-state index contributed by atoms with van der Waals surface area (Å²) in [4.78, 5) is 15.0. The second-order valence-corrected chi connectivity index (χ2v) is 6.94. The van der Waals surface area contributed by atoms with Gasteiger partial charge in [-0.25, -0.2) is 4.98 Å². The topological polar surface area (TPSA) is 45.4 Å². The molecule has 1 fully saturated rings. The Labute approximate surface area is 145 Å². The minimum absolute atomic E-state index is 0.730. The van der Waals surface area contributed by atoms with Gasteiger partial charge in [-0.3, -0.25) is 14.8 Å². The molecule has 0 aliphatic carbocycles. The number of oxazole rings is 1. The van der Waals surface area contributed by atoms with Crippen molar-refractivity contribution in [3.8, 4) is 10.8 Å². The molecule has 0 aromatic carbocycles. The van der Waals surface area contributed by atoms with Gasteiger partial charge in [-0.15, -0.1) is 11.3 Å². The van der Waals surface area contributed by atoms with E-state index in [9.17, 15) is 0 Å². The van der Waals surface area contributed by atoms with Gasteiger partial charge in [0.05, 0.1) is 16.3 Å². The fourth-order valence-electron chi connectivity index (χ4n) is 2.95. The van der Waals surface area contributed by atoms with Gasteiger partial charge in [0.1, 0.15) is 6.26 Å². The molecule has 0 saturated carbocycles. The van der Waals surface area contributed by atoms with Gasteiger partial charge in [0.25, 0.3) is 0 Å². The van der Waals surface area contributed by atoms with E-state index in [0.717, 1.165) is 61.4 Å². The van der Waals surface area contributed by atoms with Crippen molar-refractivity contribution in [2.75, 3.05) is 26.2 Å². The lowest BCUT2D eigenvalue weighted by atomic mass is 10.2. The Morgan fingerprint density at radius 3 is 2.42 bits per heavy atom. The Morgan fingerprint density at radius 1 is 0.958 bits per heavy atom. The summed E-state index contributed by atoms with van der Waals surface area (Å²) >= 11 is 1.65. The van der Waals surface area contributed by atoms with Gasteiger partial charge in [-0.2, -0.15) is 0 Å². The van der Waals surface area contributed by atoms with Crippen LogP contribution in [-0.4, -0.2) is 45.9 Å². The average Bonchev–Trinajstić information content (AvgIpc) is 3.29. The molecule has 1 saturated heterocycles. The van der Waals surface area contributed by atoms with Gasteiger partial charge in [-0.05, 0) is 23.6 Å². The van der Waals surface area contributed by atoms with Crippen LogP contribution in [0.5, 0.6) is 0 Å². The number of piperazine rings is 1. The smallest absolute Gasteiger partial charge is 0.236 e. The lowest BCUT2D eigenvalue weighted by molar-refractivity contribution is 0.120. The Kier molecular flexibility index (Phi) is 4.69. The molecule has 24 heavy (non-hydrogen) atoms. The van der Waals surface area contributed by atoms with Gasteiger partial charge in [0.15, 0.2) is 0 Å². The largest absolute Gasteiger partial charge is 0.444 e.